The van der Waals surface area contributed by atoms with Crippen LogP contribution in [0.15, 0.2) is 67.0 Å². The van der Waals surface area contributed by atoms with E-state index in [9.17, 15) is 4.79 Å². The first-order valence-electron chi connectivity index (χ1n) is 9.86. The molecule has 0 atom stereocenters. The number of aromatic nitrogens is 1. The number of ether oxygens (including phenoxy) is 1. The van der Waals surface area contributed by atoms with Gasteiger partial charge in [0.15, 0.2) is 0 Å². The van der Waals surface area contributed by atoms with Crippen LogP contribution in [0.3, 0.4) is 0 Å². The predicted molar refractivity (Wildman–Crippen MR) is 114 cm³/mol. The number of benzene rings is 2. The van der Waals surface area contributed by atoms with Crippen LogP contribution >= 0.6 is 0 Å². The van der Waals surface area contributed by atoms with E-state index in [1.165, 1.54) is 16.7 Å². The van der Waals surface area contributed by atoms with Crippen LogP contribution in [-0.4, -0.2) is 29.4 Å². The number of hydrogen-bond acceptors (Lipinski definition) is 4. The van der Waals surface area contributed by atoms with Gasteiger partial charge in [-0.05, 0) is 40.8 Å². The summed E-state index contributed by atoms with van der Waals surface area (Å²) in [5.41, 5.74) is 5.45. The van der Waals surface area contributed by atoms with Crippen molar-refractivity contribution in [3.63, 3.8) is 0 Å². The van der Waals surface area contributed by atoms with Crippen LogP contribution in [0.25, 0.3) is 0 Å². The Morgan fingerprint density at radius 3 is 2.76 bits per heavy atom. The van der Waals surface area contributed by atoms with Crippen LogP contribution in [0, 0.1) is 0 Å². The second-order valence-corrected chi connectivity index (χ2v) is 7.35. The van der Waals surface area contributed by atoms with Crippen molar-refractivity contribution in [2.24, 2.45) is 0 Å². The second kappa shape index (κ2) is 8.88. The van der Waals surface area contributed by atoms with Crippen LogP contribution < -0.4 is 10.1 Å². The standard InChI is InChI=1S/C24H25N3O2/c1-29-21-9-5-8-19(12-21)13-24(28)26-23-15-25-14-20-17-27(11-10-22(20)23)16-18-6-3-2-4-7-18/h2-9,12,14-15H,10-11,13,16-17H2,1H3,(H,26,28). The Morgan fingerprint density at radius 2 is 1.93 bits per heavy atom. The fraction of sp³-hybridized carbons (Fsp3) is 0.250. The molecule has 0 bridgehead atoms. The van der Waals surface area contributed by atoms with Crippen molar-refractivity contribution >= 4 is 11.6 Å². The van der Waals surface area contributed by atoms with Crippen LogP contribution in [-0.2, 0) is 30.7 Å². The fourth-order valence-electron chi connectivity index (χ4n) is 3.80. The summed E-state index contributed by atoms with van der Waals surface area (Å²) in [7, 11) is 1.63. The average Bonchev–Trinajstić information content (AvgIpc) is 2.74. The number of amides is 1. The van der Waals surface area contributed by atoms with Gasteiger partial charge in [-0.15, -0.1) is 0 Å². The van der Waals surface area contributed by atoms with Crippen LogP contribution in [0.1, 0.15) is 22.3 Å². The maximum atomic E-state index is 12.6. The molecule has 0 spiro atoms. The highest BCUT2D eigenvalue weighted by atomic mass is 16.5. The highest BCUT2D eigenvalue weighted by Crippen LogP contribution is 2.26. The Hall–Kier alpha value is -3.18. The van der Waals surface area contributed by atoms with Crippen molar-refractivity contribution in [1.29, 1.82) is 0 Å². The highest BCUT2D eigenvalue weighted by Gasteiger charge is 2.20. The van der Waals surface area contributed by atoms with E-state index in [0.717, 1.165) is 43.1 Å². The van der Waals surface area contributed by atoms with Gasteiger partial charge >= 0.3 is 0 Å². The molecule has 1 N–H and O–H groups in total. The molecule has 5 nitrogen and oxygen atoms in total. The molecule has 5 heteroatoms. The van der Waals surface area contributed by atoms with E-state index in [2.05, 4.69) is 39.5 Å². The minimum absolute atomic E-state index is 0.0415. The summed E-state index contributed by atoms with van der Waals surface area (Å²) in [5.74, 6) is 0.715. The minimum Gasteiger partial charge on any atom is -0.497 e. The van der Waals surface area contributed by atoms with E-state index in [0.29, 0.717) is 6.42 Å². The maximum Gasteiger partial charge on any atom is 0.228 e. The molecule has 0 saturated carbocycles. The van der Waals surface area contributed by atoms with Gasteiger partial charge in [0.25, 0.3) is 0 Å². The van der Waals surface area contributed by atoms with E-state index >= 15 is 0 Å². The Morgan fingerprint density at radius 1 is 1.10 bits per heavy atom. The quantitative estimate of drug-likeness (QED) is 0.698. The third-order valence-electron chi connectivity index (χ3n) is 5.24. The normalized spacial score (nSPS) is 13.6. The van der Waals surface area contributed by atoms with Crippen molar-refractivity contribution < 1.29 is 9.53 Å². The van der Waals surface area contributed by atoms with Gasteiger partial charge in [0, 0.05) is 25.8 Å². The molecule has 0 unspecified atom stereocenters. The molecule has 1 aromatic heterocycles. The van der Waals surface area contributed by atoms with Crippen molar-refractivity contribution in [2.75, 3.05) is 19.0 Å². The molecule has 1 aliphatic heterocycles. The van der Waals surface area contributed by atoms with E-state index in [-0.39, 0.29) is 5.91 Å². The van der Waals surface area contributed by atoms with Gasteiger partial charge in [-0.25, -0.2) is 0 Å². The van der Waals surface area contributed by atoms with Gasteiger partial charge in [0.1, 0.15) is 5.75 Å². The van der Waals surface area contributed by atoms with Crippen molar-refractivity contribution in [1.82, 2.24) is 9.88 Å². The molecule has 4 rings (SSSR count). The summed E-state index contributed by atoms with van der Waals surface area (Å²) in [6.07, 6.45) is 4.89. The number of anilines is 1. The number of rotatable bonds is 6. The maximum absolute atomic E-state index is 12.6. The molecule has 0 saturated heterocycles. The number of fused-ring (bicyclic) bond motifs is 1. The van der Waals surface area contributed by atoms with Gasteiger partial charge in [0.2, 0.25) is 5.91 Å². The highest BCUT2D eigenvalue weighted by molar-refractivity contribution is 5.93. The second-order valence-electron chi connectivity index (χ2n) is 7.35. The Balaban J connectivity index is 1.42. The molecule has 148 valence electrons. The van der Waals surface area contributed by atoms with Gasteiger partial charge in [-0.1, -0.05) is 42.5 Å². The number of methoxy groups -OCH3 is 1. The zero-order valence-electron chi connectivity index (χ0n) is 16.6. The summed E-state index contributed by atoms with van der Waals surface area (Å²) >= 11 is 0. The smallest absolute Gasteiger partial charge is 0.228 e. The first kappa shape index (κ1) is 19.2. The summed E-state index contributed by atoms with van der Waals surface area (Å²) in [4.78, 5) is 19.4. The first-order chi connectivity index (χ1) is 14.2. The summed E-state index contributed by atoms with van der Waals surface area (Å²) in [6, 6.07) is 18.1. The van der Waals surface area contributed by atoms with Crippen LogP contribution in [0.5, 0.6) is 5.75 Å². The van der Waals surface area contributed by atoms with Gasteiger partial charge in [-0.3, -0.25) is 14.7 Å². The molecule has 29 heavy (non-hydrogen) atoms. The first-order valence-corrected chi connectivity index (χ1v) is 9.86. The van der Waals surface area contributed by atoms with Gasteiger partial charge in [0.05, 0.1) is 25.4 Å². The minimum atomic E-state index is -0.0415. The van der Waals surface area contributed by atoms with E-state index in [1.54, 1.807) is 13.3 Å². The van der Waals surface area contributed by atoms with Crippen LogP contribution in [0.4, 0.5) is 5.69 Å². The molecule has 2 aromatic carbocycles. The molecular formula is C24H25N3O2. The topological polar surface area (TPSA) is 54.5 Å². The average molecular weight is 387 g/mol. The van der Waals surface area contributed by atoms with E-state index in [1.807, 2.05) is 36.5 Å². The number of nitrogens with one attached hydrogen (secondary N) is 1. The third kappa shape index (κ3) is 4.81. The lowest BCUT2D eigenvalue weighted by molar-refractivity contribution is -0.115. The summed E-state index contributed by atoms with van der Waals surface area (Å²) in [5, 5.41) is 3.06. The zero-order chi connectivity index (χ0) is 20.1. The van der Waals surface area contributed by atoms with Gasteiger partial charge in [-0.2, -0.15) is 0 Å². The largest absolute Gasteiger partial charge is 0.497 e. The Kier molecular flexibility index (Phi) is 5.86. The number of nitrogens with zero attached hydrogens (tertiary/aromatic N) is 2. The van der Waals surface area contributed by atoms with Crippen LogP contribution in [0.2, 0.25) is 0 Å². The zero-order valence-corrected chi connectivity index (χ0v) is 16.6. The molecule has 1 aliphatic rings. The van der Waals surface area contributed by atoms with E-state index in [4.69, 9.17) is 4.74 Å². The summed E-state index contributed by atoms with van der Waals surface area (Å²) < 4.78 is 5.24. The van der Waals surface area contributed by atoms with Crippen molar-refractivity contribution in [3.8, 4) is 5.75 Å². The third-order valence-corrected chi connectivity index (χ3v) is 5.24. The summed E-state index contributed by atoms with van der Waals surface area (Å²) in [6.45, 7) is 2.73. The lowest BCUT2D eigenvalue weighted by Crippen LogP contribution is -2.31. The molecule has 0 radical (unpaired) electrons. The number of hydrogen-bond donors (Lipinski definition) is 1. The predicted octanol–water partition coefficient (Wildman–Crippen LogP) is 3.83. The Labute approximate surface area is 171 Å². The number of carbonyl (C=O) groups is 1. The number of pyridine rings is 1. The molecule has 0 aliphatic carbocycles. The lowest BCUT2D eigenvalue weighted by atomic mass is 9.99. The molecule has 2 heterocycles. The van der Waals surface area contributed by atoms with Gasteiger partial charge < -0.3 is 10.1 Å². The monoisotopic (exact) mass is 387 g/mol. The van der Waals surface area contributed by atoms with Crippen molar-refractivity contribution in [2.45, 2.75) is 25.9 Å². The van der Waals surface area contributed by atoms with Crippen molar-refractivity contribution in [3.05, 3.63) is 89.2 Å². The Bertz CT molecular complexity index is 988. The SMILES string of the molecule is COc1cccc(CC(=O)Nc2cncc3c2CCN(Cc2ccccc2)C3)c1. The number of carbonyl (C=O) groups excluding carboxylic acids is 1. The fourth-order valence-corrected chi connectivity index (χ4v) is 3.80. The molecule has 0 fully saturated rings. The van der Waals surface area contributed by atoms with E-state index < -0.39 is 0 Å². The molecule has 3 aromatic rings. The lowest BCUT2D eigenvalue weighted by Gasteiger charge is -2.29. The molecule has 1 amide bonds. The molecular weight excluding hydrogens is 362 g/mol.